The molecule has 0 rings (SSSR count). The molecule has 0 saturated heterocycles. The molecule has 14 heavy (non-hydrogen) atoms. The summed E-state index contributed by atoms with van der Waals surface area (Å²) in [4.78, 5) is 11.4. The minimum absolute atomic E-state index is 0.0789. The van der Waals surface area contributed by atoms with Crippen molar-refractivity contribution < 1.29 is 15.0 Å². The van der Waals surface area contributed by atoms with Crippen LogP contribution in [-0.4, -0.2) is 41.9 Å². The highest BCUT2D eigenvalue weighted by Gasteiger charge is 2.15. The molecule has 0 saturated carbocycles. The van der Waals surface area contributed by atoms with Gasteiger partial charge in [-0.2, -0.15) is 0 Å². The van der Waals surface area contributed by atoms with E-state index >= 15 is 0 Å². The van der Waals surface area contributed by atoms with Gasteiger partial charge in [-0.05, 0) is 6.42 Å². The fourth-order valence-electron chi connectivity index (χ4n) is 1.13. The molecule has 5 nitrogen and oxygen atoms in total. The van der Waals surface area contributed by atoms with Crippen LogP contribution in [0, 0.1) is 5.92 Å². The fourth-order valence-corrected chi connectivity index (χ4v) is 1.13. The fraction of sp³-hybridized carbons (Fsp3) is 0.889. The molecule has 0 aromatic heterocycles. The molecule has 0 radical (unpaired) electrons. The van der Waals surface area contributed by atoms with Crippen LogP contribution in [0.25, 0.3) is 0 Å². The van der Waals surface area contributed by atoms with Crippen molar-refractivity contribution in [3.05, 3.63) is 0 Å². The van der Waals surface area contributed by atoms with E-state index in [0.29, 0.717) is 6.54 Å². The van der Waals surface area contributed by atoms with Crippen molar-refractivity contribution in [2.24, 2.45) is 11.7 Å². The van der Waals surface area contributed by atoms with E-state index < -0.39 is 6.10 Å². The number of carbonyl (C=O) groups excluding carboxylic acids is 1. The van der Waals surface area contributed by atoms with Gasteiger partial charge in [0.2, 0.25) is 5.91 Å². The van der Waals surface area contributed by atoms with Gasteiger partial charge in [-0.25, -0.2) is 0 Å². The molecule has 0 aromatic rings. The number of hydrogen-bond acceptors (Lipinski definition) is 4. The van der Waals surface area contributed by atoms with Gasteiger partial charge in [0.1, 0.15) is 0 Å². The van der Waals surface area contributed by atoms with Crippen molar-refractivity contribution in [2.75, 3.05) is 19.7 Å². The summed E-state index contributed by atoms with van der Waals surface area (Å²) < 4.78 is 0. The molecule has 0 aliphatic carbocycles. The molecule has 0 bridgehead atoms. The van der Waals surface area contributed by atoms with Crippen molar-refractivity contribution in [1.82, 2.24) is 5.32 Å². The molecule has 0 aliphatic heterocycles. The van der Waals surface area contributed by atoms with Crippen LogP contribution in [0.3, 0.4) is 0 Å². The molecule has 0 heterocycles. The Morgan fingerprint density at radius 1 is 1.57 bits per heavy atom. The Balaban J connectivity index is 3.80. The first-order valence-electron chi connectivity index (χ1n) is 4.92. The molecule has 84 valence electrons. The molecule has 0 spiro atoms. The van der Waals surface area contributed by atoms with E-state index in [1.165, 1.54) is 0 Å². The molecule has 0 fully saturated rings. The second-order valence-electron chi connectivity index (χ2n) is 3.30. The van der Waals surface area contributed by atoms with Crippen LogP contribution in [0.4, 0.5) is 0 Å². The van der Waals surface area contributed by atoms with Crippen LogP contribution >= 0.6 is 0 Å². The standard InChI is InChI=1S/C9H20N2O3/c1-2-3-7(4-10)9(14)11-5-8(13)6-12/h7-8,12-13H,2-6,10H2,1H3,(H,11,14). The van der Waals surface area contributed by atoms with Crippen LogP contribution in [0.2, 0.25) is 0 Å². The van der Waals surface area contributed by atoms with Gasteiger partial charge in [0.05, 0.1) is 18.6 Å². The van der Waals surface area contributed by atoms with Gasteiger partial charge in [0, 0.05) is 13.1 Å². The summed E-state index contributed by atoms with van der Waals surface area (Å²) in [7, 11) is 0. The van der Waals surface area contributed by atoms with Crippen molar-refractivity contribution in [3.63, 3.8) is 0 Å². The van der Waals surface area contributed by atoms with Crippen LogP contribution in [0.5, 0.6) is 0 Å². The maximum absolute atomic E-state index is 11.4. The molecule has 0 aliphatic rings. The van der Waals surface area contributed by atoms with E-state index in [9.17, 15) is 4.79 Å². The van der Waals surface area contributed by atoms with Crippen LogP contribution in [0.1, 0.15) is 19.8 Å². The third-order valence-electron chi connectivity index (χ3n) is 2.02. The van der Waals surface area contributed by atoms with E-state index in [0.717, 1.165) is 12.8 Å². The smallest absolute Gasteiger partial charge is 0.224 e. The van der Waals surface area contributed by atoms with Crippen LogP contribution < -0.4 is 11.1 Å². The Morgan fingerprint density at radius 2 is 2.21 bits per heavy atom. The van der Waals surface area contributed by atoms with Gasteiger partial charge in [0.15, 0.2) is 0 Å². The summed E-state index contributed by atoms with van der Waals surface area (Å²) in [6.07, 6.45) is 0.758. The predicted molar refractivity (Wildman–Crippen MR) is 53.6 cm³/mol. The second kappa shape index (κ2) is 7.73. The zero-order chi connectivity index (χ0) is 11.0. The van der Waals surface area contributed by atoms with Crippen molar-refractivity contribution in [3.8, 4) is 0 Å². The predicted octanol–water partition coefficient (Wildman–Crippen LogP) is -1.17. The van der Waals surface area contributed by atoms with Crippen LogP contribution in [0.15, 0.2) is 0 Å². The Morgan fingerprint density at radius 3 is 2.64 bits per heavy atom. The maximum atomic E-state index is 11.4. The lowest BCUT2D eigenvalue weighted by molar-refractivity contribution is -0.125. The first-order valence-corrected chi connectivity index (χ1v) is 4.92. The summed E-state index contributed by atoms with van der Waals surface area (Å²) in [5.74, 6) is -0.340. The average Bonchev–Trinajstić information content (AvgIpc) is 2.21. The Hall–Kier alpha value is -0.650. The van der Waals surface area contributed by atoms with Gasteiger partial charge in [-0.3, -0.25) is 4.79 Å². The monoisotopic (exact) mass is 204 g/mol. The van der Waals surface area contributed by atoms with Gasteiger partial charge >= 0.3 is 0 Å². The molecule has 2 atom stereocenters. The normalized spacial score (nSPS) is 14.9. The van der Waals surface area contributed by atoms with E-state index in [1.54, 1.807) is 0 Å². The molecule has 1 amide bonds. The van der Waals surface area contributed by atoms with Gasteiger partial charge < -0.3 is 21.3 Å². The highest BCUT2D eigenvalue weighted by molar-refractivity contribution is 5.78. The van der Waals surface area contributed by atoms with Crippen molar-refractivity contribution in [2.45, 2.75) is 25.9 Å². The minimum atomic E-state index is -0.890. The SMILES string of the molecule is CCCC(CN)C(=O)NCC(O)CO. The highest BCUT2D eigenvalue weighted by atomic mass is 16.3. The molecule has 5 N–H and O–H groups in total. The summed E-state index contributed by atoms with van der Waals surface area (Å²) >= 11 is 0. The van der Waals surface area contributed by atoms with Gasteiger partial charge in [-0.15, -0.1) is 0 Å². The van der Waals surface area contributed by atoms with E-state index in [4.69, 9.17) is 15.9 Å². The topological polar surface area (TPSA) is 95.6 Å². The van der Waals surface area contributed by atoms with E-state index in [2.05, 4.69) is 5.32 Å². The lowest BCUT2D eigenvalue weighted by atomic mass is 10.0. The van der Waals surface area contributed by atoms with Crippen molar-refractivity contribution >= 4 is 5.91 Å². The summed E-state index contributed by atoms with van der Waals surface area (Å²) in [6.45, 7) is 2.03. The lowest BCUT2D eigenvalue weighted by Crippen LogP contribution is -2.39. The van der Waals surface area contributed by atoms with Gasteiger partial charge in [0.25, 0.3) is 0 Å². The number of hydrogen-bond donors (Lipinski definition) is 4. The largest absolute Gasteiger partial charge is 0.394 e. The number of aliphatic hydroxyl groups excluding tert-OH is 2. The van der Waals surface area contributed by atoms with E-state index in [-0.39, 0.29) is 25.0 Å². The average molecular weight is 204 g/mol. The van der Waals surface area contributed by atoms with E-state index in [1.807, 2.05) is 6.92 Å². The molecule has 2 unspecified atom stereocenters. The number of rotatable bonds is 7. The third kappa shape index (κ3) is 5.16. The Bertz CT molecular complexity index is 164. The number of carbonyl (C=O) groups is 1. The quantitative estimate of drug-likeness (QED) is 0.420. The molecule has 0 aromatic carbocycles. The first kappa shape index (κ1) is 13.4. The summed E-state index contributed by atoms with van der Waals surface area (Å²) in [5, 5.41) is 20.1. The number of aliphatic hydroxyl groups is 2. The minimum Gasteiger partial charge on any atom is -0.394 e. The van der Waals surface area contributed by atoms with Gasteiger partial charge in [-0.1, -0.05) is 13.3 Å². The second-order valence-corrected chi connectivity index (χ2v) is 3.30. The third-order valence-corrected chi connectivity index (χ3v) is 2.02. The number of nitrogens with one attached hydrogen (secondary N) is 1. The lowest BCUT2D eigenvalue weighted by Gasteiger charge is -2.15. The molecular formula is C9H20N2O3. The zero-order valence-electron chi connectivity index (χ0n) is 8.57. The van der Waals surface area contributed by atoms with Crippen LogP contribution in [-0.2, 0) is 4.79 Å². The zero-order valence-corrected chi connectivity index (χ0v) is 8.57. The molecular weight excluding hydrogens is 184 g/mol. The molecule has 5 heteroatoms. The van der Waals surface area contributed by atoms with Crippen molar-refractivity contribution in [1.29, 1.82) is 0 Å². The Labute approximate surface area is 84.3 Å². The number of amides is 1. The summed E-state index contributed by atoms with van der Waals surface area (Å²) in [6, 6.07) is 0. The first-order chi connectivity index (χ1) is 6.65. The maximum Gasteiger partial charge on any atom is 0.224 e. The highest BCUT2D eigenvalue weighted by Crippen LogP contribution is 2.03. The summed E-state index contributed by atoms with van der Waals surface area (Å²) in [5.41, 5.74) is 5.43. The Kier molecular flexibility index (Phi) is 7.37. The number of nitrogens with two attached hydrogens (primary N) is 1.